The van der Waals surface area contributed by atoms with Crippen molar-refractivity contribution in [3.05, 3.63) is 29.6 Å². The normalized spacial score (nSPS) is 10.5. The van der Waals surface area contributed by atoms with Crippen LogP contribution in [0.4, 0.5) is 0 Å². The molecule has 1 aromatic heterocycles. The summed E-state index contributed by atoms with van der Waals surface area (Å²) < 4.78 is 0.861. The van der Waals surface area contributed by atoms with Gasteiger partial charge in [-0.3, -0.25) is 9.78 Å². The first-order valence-corrected chi connectivity index (χ1v) is 6.60. The third kappa shape index (κ3) is 4.44. The fourth-order valence-corrected chi connectivity index (χ4v) is 1.58. The van der Waals surface area contributed by atoms with E-state index in [9.17, 15) is 4.79 Å². The maximum atomic E-state index is 11.7. The van der Waals surface area contributed by atoms with Gasteiger partial charge in [-0.05, 0) is 26.2 Å². The number of pyridine rings is 1. The highest BCUT2D eigenvalue weighted by atomic mass is 125. The zero-order valence-electron chi connectivity index (χ0n) is 9.53. The molecule has 0 aliphatic heterocycles. The van der Waals surface area contributed by atoms with Crippen molar-refractivity contribution in [2.45, 2.75) is 4.43 Å². The molecule has 0 fully saturated rings. The molecule has 1 N–H and O–H groups in total. The molecule has 5 heteroatoms. The van der Waals surface area contributed by atoms with Crippen LogP contribution in [0.1, 0.15) is 16.1 Å². The fourth-order valence-electron chi connectivity index (χ4n) is 1.13. The summed E-state index contributed by atoms with van der Waals surface area (Å²) in [5.41, 5.74) is 1.61. The van der Waals surface area contributed by atoms with Gasteiger partial charge in [0.05, 0.1) is 11.3 Å². The summed E-state index contributed by atoms with van der Waals surface area (Å²) in [4.78, 5) is 17.9. The first-order chi connectivity index (χ1) is 7.63. The van der Waals surface area contributed by atoms with Crippen molar-refractivity contribution in [1.29, 1.82) is 0 Å². The maximum Gasteiger partial charge on any atom is 0.252 e. The van der Waals surface area contributed by atoms with E-state index in [0.29, 0.717) is 12.1 Å². The van der Waals surface area contributed by atoms with Crippen LogP contribution >= 0.6 is 22.6 Å². The number of rotatable bonds is 5. The molecule has 1 heterocycles. The van der Waals surface area contributed by atoms with Crippen molar-refractivity contribution in [2.75, 3.05) is 27.2 Å². The summed E-state index contributed by atoms with van der Waals surface area (Å²) >= 11 is 2.24. The van der Waals surface area contributed by atoms with Crippen LogP contribution in [-0.4, -0.2) is 43.0 Å². The molecule has 0 aromatic carbocycles. The molecule has 0 saturated carbocycles. The first kappa shape index (κ1) is 13.4. The van der Waals surface area contributed by atoms with E-state index in [0.717, 1.165) is 16.7 Å². The second-order valence-corrected chi connectivity index (χ2v) is 4.49. The van der Waals surface area contributed by atoms with Gasteiger partial charge in [0.1, 0.15) is 0 Å². The van der Waals surface area contributed by atoms with E-state index in [1.807, 2.05) is 31.1 Å². The average Bonchev–Trinajstić information content (AvgIpc) is 2.28. The zero-order chi connectivity index (χ0) is 12.0. The summed E-state index contributed by atoms with van der Waals surface area (Å²) in [7, 11) is 3.95. The number of hydrogen-bond donors (Lipinski definition) is 1. The third-order valence-electron chi connectivity index (χ3n) is 2.07. The summed E-state index contributed by atoms with van der Waals surface area (Å²) in [5, 5.41) is 2.85. The molecule has 1 amide bonds. The van der Waals surface area contributed by atoms with Crippen molar-refractivity contribution in [2.24, 2.45) is 0 Å². The fraction of sp³-hybridized carbons (Fsp3) is 0.455. The Morgan fingerprint density at radius 1 is 1.50 bits per heavy atom. The highest BCUT2D eigenvalue weighted by molar-refractivity contribution is 14.1. The summed E-state index contributed by atoms with van der Waals surface area (Å²) in [6, 6.07) is 3.69. The van der Waals surface area contributed by atoms with Gasteiger partial charge in [-0.2, -0.15) is 0 Å². The van der Waals surface area contributed by atoms with E-state index < -0.39 is 0 Å². The highest BCUT2D eigenvalue weighted by Crippen LogP contribution is 2.04. The van der Waals surface area contributed by atoms with Gasteiger partial charge in [-0.25, -0.2) is 0 Å². The van der Waals surface area contributed by atoms with E-state index in [4.69, 9.17) is 0 Å². The molecule has 0 atom stereocenters. The lowest BCUT2D eigenvalue weighted by Crippen LogP contribution is -2.31. The van der Waals surface area contributed by atoms with Crippen LogP contribution in [-0.2, 0) is 4.43 Å². The topological polar surface area (TPSA) is 45.2 Å². The molecule has 0 unspecified atom stereocenters. The standard InChI is InChI=1S/C11H16IN3O/c1-15(2)6-5-13-11(16)9-3-4-10(7-12)14-8-9/h3-4,8H,5-7H2,1-2H3,(H,13,16)/i12-2. The van der Waals surface area contributed by atoms with Gasteiger partial charge in [-0.1, -0.05) is 22.6 Å². The molecule has 88 valence electrons. The highest BCUT2D eigenvalue weighted by Gasteiger charge is 2.05. The Balaban J connectivity index is 2.46. The smallest absolute Gasteiger partial charge is 0.252 e. The number of alkyl halides is 1. The Morgan fingerprint density at radius 2 is 2.25 bits per heavy atom. The number of carbonyl (C=O) groups is 1. The molecular weight excluding hydrogens is 315 g/mol. The van der Waals surface area contributed by atoms with Crippen LogP contribution in [0.3, 0.4) is 0 Å². The molecule has 16 heavy (non-hydrogen) atoms. The van der Waals surface area contributed by atoms with E-state index in [-0.39, 0.29) is 5.91 Å². The van der Waals surface area contributed by atoms with E-state index >= 15 is 0 Å². The van der Waals surface area contributed by atoms with Gasteiger partial charge >= 0.3 is 0 Å². The van der Waals surface area contributed by atoms with Gasteiger partial charge in [0.2, 0.25) is 0 Å². The number of hydrogen-bond acceptors (Lipinski definition) is 3. The van der Waals surface area contributed by atoms with Gasteiger partial charge in [0, 0.05) is 23.7 Å². The van der Waals surface area contributed by atoms with Crippen molar-refractivity contribution >= 4 is 28.5 Å². The lowest BCUT2D eigenvalue weighted by molar-refractivity contribution is 0.0950. The average molecular weight is 331 g/mol. The minimum Gasteiger partial charge on any atom is -0.351 e. The van der Waals surface area contributed by atoms with Crippen molar-refractivity contribution in [1.82, 2.24) is 15.2 Å². The van der Waals surface area contributed by atoms with E-state index in [1.165, 1.54) is 0 Å². The van der Waals surface area contributed by atoms with E-state index in [1.54, 1.807) is 6.20 Å². The zero-order valence-corrected chi connectivity index (χ0v) is 11.7. The van der Waals surface area contributed by atoms with Crippen LogP contribution in [0.5, 0.6) is 0 Å². The number of amides is 1. The third-order valence-corrected chi connectivity index (χ3v) is 2.85. The van der Waals surface area contributed by atoms with Crippen LogP contribution in [0.2, 0.25) is 0 Å². The quantitative estimate of drug-likeness (QED) is 0.654. The molecule has 1 aromatic rings. The number of nitrogens with one attached hydrogen (secondary N) is 1. The largest absolute Gasteiger partial charge is 0.351 e. The summed E-state index contributed by atoms with van der Waals surface area (Å²) in [6.45, 7) is 1.49. The van der Waals surface area contributed by atoms with Crippen LogP contribution < -0.4 is 5.32 Å². The molecule has 0 spiro atoms. The number of nitrogens with zero attached hydrogens (tertiary/aromatic N) is 2. The minimum absolute atomic E-state index is 0.0608. The second-order valence-electron chi connectivity index (χ2n) is 3.73. The Hall–Kier alpha value is -0.690. The molecule has 1 rings (SSSR count). The minimum atomic E-state index is -0.0608. The molecular formula is C11H16IN3O. The Labute approximate surface area is 110 Å². The van der Waals surface area contributed by atoms with Crippen LogP contribution in [0.25, 0.3) is 0 Å². The predicted octanol–water partition coefficient (Wildman–Crippen LogP) is 1.31. The van der Waals surface area contributed by atoms with Crippen molar-refractivity contribution < 1.29 is 4.79 Å². The van der Waals surface area contributed by atoms with Crippen LogP contribution in [0.15, 0.2) is 18.3 Å². The number of carbonyl (C=O) groups excluding carboxylic acids is 1. The number of halogens is 1. The molecule has 0 aliphatic carbocycles. The lowest BCUT2D eigenvalue weighted by atomic mass is 10.2. The predicted molar refractivity (Wildman–Crippen MR) is 72.8 cm³/mol. The van der Waals surface area contributed by atoms with Gasteiger partial charge < -0.3 is 10.2 Å². The SMILES string of the molecule is CN(C)CCNC(=O)c1ccc(C[125I])nc1. The first-order valence-electron chi connectivity index (χ1n) is 5.07. The Morgan fingerprint density at radius 3 is 2.75 bits per heavy atom. The summed E-state index contributed by atoms with van der Waals surface area (Å²) in [5.74, 6) is -0.0608. The van der Waals surface area contributed by atoms with Crippen molar-refractivity contribution in [3.63, 3.8) is 0 Å². The molecule has 4 nitrogen and oxygen atoms in total. The molecule has 0 radical (unpaired) electrons. The Bertz CT molecular complexity index is 338. The monoisotopic (exact) mass is 331 g/mol. The lowest BCUT2D eigenvalue weighted by Gasteiger charge is -2.10. The second kappa shape index (κ2) is 6.80. The molecule has 0 aliphatic rings. The Kier molecular flexibility index (Phi) is 5.68. The van der Waals surface area contributed by atoms with Gasteiger partial charge in [0.15, 0.2) is 0 Å². The van der Waals surface area contributed by atoms with E-state index in [2.05, 4.69) is 32.9 Å². The molecule has 0 bridgehead atoms. The summed E-state index contributed by atoms with van der Waals surface area (Å²) in [6.07, 6.45) is 1.62. The maximum absolute atomic E-state index is 11.7. The number of aromatic nitrogens is 1. The van der Waals surface area contributed by atoms with Crippen molar-refractivity contribution in [3.8, 4) is 0 Å². The molecule has 0 saturated heterocycles. The van der Waals surface area contributed by atoms with Gasteiger partial charge in [-0.15, -0.1) is 0 Å². The van der Waals surface area contributed by atoms with Crippen LogP contribution in [0, 0.1) is 0 Å². The van der Waals surface area contributed by atoms with Gasteiger partial charge in [0.25, 0.3) is 5.91 Å². The number of likely N-dealkylation sites (N-methyl/N-ethyl adjacent to an activating group) is 1.